The summed E-state index contributed by atoms with van der Waals surface area (Å²) in [4.78, 5) is 43.4. The van der Waals surface area contributed by atoms with Crippen LogP contribution in [0.1, 0.15) is 41.8 Å². The average molecular weight is 493 g/mol. The van der Waals surface area contributed by atoms with Gasteiger partial charge in [-0.1, -0.05) is 44.2 Å². The Labute approximate surface area is 208 Å². The van der Waals surface area contributed by atoms with Crippen LogP contribution in [0.15, 0.2) is 48.5 Å². The van der Waals surface area contributed by atoms with Crippen LogP contribution in [0.2, 0.25) is 0 Å². The molecule has 0 bridgehead atoms. The van der Waals surface area contributed by atoms with Gasteiger partial charge in [0.1, 0.15) is 24.8 Å². The molecular formula is C25H28N6O5. The summed E-state index contributed by atoms with van der Waals surface area (Å²) >= 11 is 0. The van der Waals surface area contributed by atoms with Gasteiger partial charge in [-0.05, 0) is 36.1 Å². The molecule has 2 amide bonds. The number of primary amides is 2. The molecule has 0 saturated heterocycles. The van der Waals surface area contributed by atoms with Crippen molar-refractivity contribution in [1.29, 1.82) is 0 Å². The number of hydrogen-bond donors (Lipinski definition) is 4. The van der Waals surface area contributed by atoms with Crippen molar-refractivity contribution in [1.82, 2.24) is 9.97 Å². The molecule has 11 nitrogen and oxygen atoms in total. The van der Waals surface area contributed by atoms with E-state index < -0.39 is 17.9 Å². The largest absolute Gasteiger partial charge is 0.472 e. The van der Waals surface area contributed by atoms with E-state index in [1.165, 1.54) is 0 Å². The molecule has 2 aromatic carbocycles. The Hall–Kier alpha value is -4.38. The molecule has 6 N–H and O–H groups in total. The molecule has 0 radical (unpaired) electrons. The first-order valence-electron chi connectivity index (χ1n) is 11.4. The van der Waals surface area contributed by atoms with Crippen molar-refractivity contribution in [2.75, 3.05) is 10.6 Å². The second-order valence-corrected chi connectivity index (χ2v) is 8.74. The number of nitrogens with one attached hydrogen (secondary N) is 2. The Morgan fingerprint density at radius 2 is 1.89 bits per heavy atom. The summed E-state index contributed by atoms with van der Waals surface area (Å²) in [6.45, 7) is 4.36. The number of anilines is 3. The van der Waals surface area contributed by atoms with E-state index in [-0.39, 0.29) is 42.3 Å². The number of carbonyl (C=O) groups excluding carboxylic acids is 2. The molecule has 1 aliphatic rings. The quantitative estimate of drug-likeness (QED) is 0.295. The second-order valence-electron chi connectivity index (χ2n) is 8.74. The lowest BCUT2D eigenvalue weighted by atomic mass is 10.0. The molecule has 36 heavy (non-hydrogen) atoms. The molecule has 0 fully saturated rings. The Kier molecular flexibility index (Phi) is 7.50. The molecule has 1 aliphatic heterocycles. The van der Waals surface area contributed by atoms with Gasteiger partial charge >= 0.3 is 0 Å². The van der Waals surface area contributed by atoms with Crippen LogP contribution in [0.25, 0.3) is 0 Å². The highest BCUT2D eigenvalue weighted by molar-refractivity contribution is 6.00. The molecule has 1 aromatic heterocycles. The van der Waals surface area contributed by atoms with Gasteiger partial charge in [0.25, 0.3) is 5.91 Å². The summed E-state index contributed by atoms with van der Waals surface area (Å²) in [6, 6.07) is 13.9. The highest BCUT2D eigenvalue weighted by Gasteiger charge is 2.25. The van der Waals surface area contributed by atoms with Crippen molar-refractivity contribution < 1.29 is 24.1 Å². The van der Waals surface area contributed by atoms with Crippen LogP contribution in [0, 0.1) is 5.92 Å². The van der Waals surface area contributed by atoms with Gasteiger partial charge in [-0.3, -0.25) is 9.59 Å². The maximum absolute atomic E-state index is 12.5. The van der Waals surface area contributed by atoms with Crippen LogP contribution in [0.3, 0.4) is 0 Å². The highest BCUT2D eigenvalue weighted by atomic mass is 17.2. The molecule has 11 heteroatoms. The number of rotatable bonds is 11. The molecule has 0 saturated carbocycles. The van der Waals surface area contributed by atoms with Gasteiger partial charge in [0, 0.05) is 11.3 Å². The van der Waals surface area contributed by atoms with E-state index in [4.69, 9.17) is 26.0 Å². The minimum atomic E-state index is -0.784. The second kappa shape index (κ2) is 10.9. The lowest BCUT2D eigenvalue weighted by molar-refractivity contribution is -0.194. The van der Waals surface area contributed by atoms with Gasteiger partial charge in [0.2, 0.25) is 17.7 Å². The predicted octanol–water partition coefficient (Wildman–Crippen LogP) is 3.03. The fourth-order valence-corrected chi connectivity index (χ4v) is 3.67. The van der Waals surface area contributed by atoms with E-state index >= 15 is 0 Å². The lowest BCUT2D eigenvalue weighted by Crippen LogP contribution is -2.37. The third-order valence-electron chi connectivity index (χ3n) is 5.38. The minimum absolute atomic E-state index is 0.0352. The molecule has 188 valence electrons. The number of ether oxygens (including phenoxy) is 1. The van der Waals surface area contributed by atoms with Crippen molar-refractivity contribution in [3.05, 3.63) is 65.2 Å². The SMILES string of the molecule is CC(C)C[C@@H](Nc1nc(Nc2ccc3c(c2)COO3)c(C(N)=O)c(OCc2ccccc2)n1)C(N)=O. The molecule has 0 spiro atoms. The molecule has 0 aliphatic carbocycles. The van der Waals surface area contributed by atoms with E-state index in [2.05, 4.69) is 20.6 Å². The zero-order valence-electron chi connectivity index (χ0n) is 20.0. The highest BCUT2D eigenvalue weighted by Crippen LogP contribution is 2.32. The summed E-state index contributed by atoms with van der Waals surface area (Å²) in [5.41, 5.74) is 13.6. The third kappa shape index (κ3) is 5.99. The number of nitrogens with zero attached hydrogens (tertiary/aromatic N) is 2. The molecule has 1 atom stereocenters. The number of nitrogens with two attached hydrogens (primary N) is 2. The van der Waals surface area contributed by atoms with E-state index in [9.17, 15) is 9.59 Å². The number of benzene rings is 2. The van der Waals surface area contributed by atoms with Crippen LogP contribution >= 0.6 is 0 Å². The summed E-state index contributed by atoms with van der Waals surface area (Å²) in [7, 11) is 0. The van der Waals surface area contributed by atoms with Crippen LogP contribution in [-0.2, 0) is 22.9 Å². The zero-order valence-corrected chi connectivity index (χ0v) is 20.0. The summed E-state index contributed by atoms with van der Waals surface area (Å²) in [5, 5.41) is 6.08. The monoisotopic (exact) mass is 492 g/mol. The standard InChI is InChI=1S/C25H28N6O5/c1-14(2)10-18(21(26)32)29-25-30-23(28-17-8-9-19-16(11-17)13-35-36-19)20(22(27)33)24(31-25)34-12-15-6-4-3-5-7-15/h3-9,11,14,18H,10,12-13H2,1-2H3,(H2,26,32)(H2,27,33)(H2,28,29,30,31)/t18-/m1/s1. The summed E-state index contributed by atoms with van der Waals surface area (Å²) in [5.74, 6) is -0.419. The average Bonchev–Trinajstić information content (AvgIpc) is 3.30. The molecule has 3 aromatic rings. The van der Waals surface area contributed by atoms with E-state index in [1.807, 2.05) is 44.2 Å². The normalized spacial score (nSPS) is 13.0. The zero-order chi connectivity index (χ0) is 25.7. The maximum Gasteiger partial charge on any atom is 0.258 e. The first-order chi connectivity index (χ1) is 17.3. The molecular weight excluding hydrogens is 464 g/mol. The number of amides is 2. The van der Waals surface area contributed by atoms with Crippen LogP contribution in [0.4, 0.5) is 17.5 Å². The lowest BCUT2D eigenvalue weighted by Gasteiger charge is -2.20. The van der Waals surface area contributed by atoms with Crippen LogP contribution < -0.4 is 31.7 Å². The molecule has 0 unspecified atom stereocenters. The number of carbonyl (C=O) groups is 2. The number of hydrogen-bond acceptors (Lipinski definition) is 9. The predicted molar refractivity (Wildman–Crippen MR) is 133 cm³/mol. The summed E-state index contributed by atoms with van der Waals surface area (Å²) in [6.07, 6.45) is 0.462. The Morgan fingerprint density at radius 3 is 2.58 bits per heavy atom. The molecule has 2 heterocycles. The topological polar surface area (TPSA) is 164 Å². The van der Waals surface area contributed by atoms with E-state index in [0.29, 0.717) is 17.9 Å². The summed E-state index contributed by atoms with van der Waals surface area (Å²) < 4.78 is 5.91. The smallest absolute Gasteiger partial charge is 0.258 e. The Bertz CT molecular complexity index is 1250. The minimum Gasteiger partial charge on any atom is -0.472 e. The fraction of sp³-hybridized carbons (Fsp3) is 0.280. The fourth-order valence-electron chi connectivity index (χ4n) is 3.67. The van der Waals surface area contributed by atoms with Crippen LogP contribution in [0.5, 0.6) is 11.6 Å². The van der Waals surface area contributed by atoms with Crippen LogP contribution in [-0.4, -0.2) is 27.8 Å². The van der Waals surface area contributed by atoms with Crippen molar-refractivity contribution in [3.8, 4) is 11.6 Å². The van der Waals surface area contributed by atoms with E-state index in [1.54, 1.807) is 18.2 Å². The first kappa shape index (κ1) is 24.7. The van der Waals surface area contributed by atoms with Gasteiger partial charge < -0.3 is 31.7 Å². The Morgan fingerprint density at radius 1 is 1.11 bits per heavy atom. The van der Waals surface area contributed by atoms with Gasteiger partial charge in [-0.25, -0.2) is 0 Å². The number of aromatic nitrogens is 2. The van der Waals surface area contributed by atoms with E-state index in [0.717, 1.165) is 11.1 Å². The third-order valence-corrected chi connectivity index (χ3v) is 5.38. The van der Waals surface area contributed by atoms with Crippen molar-refractivity contribution >= 4 is 29.3 Å². The maximum atomic E-state index is 12.5. The Balaban J connectivity index is 1.72. The van der Waals surface area contributed by atoms with Gasteiger partial charge in [0.15, 0.2) is 11.6 Å². The van der Waals surface area contributed by atoms with Crippen molar-refractivity contribution in [2.45, 2.75) is 39.5 Å². The van der Waals surface area contributed by atoms with Gasteiger partial charge in [-0.2, -0.15) is 14.9 Å². The van der Waals surface area contributed by atoms with Gasteiger partial charge in [-0.15, -0.1) is 0 Å². The first-order valence-corrected chi connectivity index (χ1v) is 11.4. The van der Waals surface area contributed by atoms with Crippen molar-refractivity contribution in [3.63, 3.8) is 0 Å². The van der Waals surface area contributed by atoms with Gasteiger partial charge in [0.05, 0.1) is 0 Å². The number of fused-ring (bicyclic) bond motifs is 1. The van der Waals surface area contributed by atoms with Crippen molar-refractivity contribution in [2.24, 2.45) is 17.4 Å². The molecule has 4 rings (SSSR count).